The number of hydrogen-bond donors (Lipinski definition) is 2. The smallest absolute Gasteiger partial charge is 0.161 e. The van der Waals surface area contributed by atoms with Crippen molar-refractivity contribution >= 4 is 0 Å². The first kappa shape index (κ1) is 19.0. The zero-order valence-electron chi connectivity index (χ0n) is 14.6. The van der Waals surface area contributed by atoms with Crippen LogP contribution in [-0.4, -0.2) is 69.2 Å². The molecule has 1 fully saturated rings. The molecule has 2 rings (SSSR count). The van der Waals surface area contributed by atoms with Gasteiger partial charge in [0.1, 0.15) is 6.61 Å². The molecule has 1 aromatic carbocycles. The summed E-state index contributed by atoms with van der Waals surface area (Å²) in [5.41, 5.74) is 1.17. The fraction of sp³-hybridized carbons (Fsp3) is 0.667. The summed E-state index contributed by atoms with van der Waals surface area (Å²) in [5, 5.41) is 12.4. The second kappa shape index (κ2) is 11.3. The summed E-state index contributed by atoms with van der Waals surface area (Å²) in [6.07, 6.45) is 1.13. The topological polar surface area (TPSA) is 63.2 Å². The second-order valence-corrected chi connectivity index (χ2v) is 5.77. The van der Waals surface area contributed by atoms with Crippen LogP contribution in [0.4, 0.5) is 0 Å². The molecular weight excluding hydrogens is 308 g/mol. The van der Waals surface area contributed by atoms with E-state index in [0.29, 0.717) is 12.4 Å². The van der Waals surface area contributed by atoms with Gasteiger partial charge in [-0.1, -0.05) is 6.07 Å². The monoisotopic (exact) mass is 338 g/mol. The minimum atomic E-state index is -0.00197. The lowest BCUT2D eigenvalue weighted by molar-refractivity contribution is 0.0374. The van der Waals surface area contributed by atoms with Crippen LogP contribution in [0.5, 0.6) is 11.5 Å². The molecule has 0 spiro atoms. The molecule has 6 heteroatoms. The number of benzene rings is 1. The average Bonchev–Trinajstić information content (AvgIpc) is 2.62. The lowest BCUT2D eigenvalue weighted by Gasteiger charge is -2.26. The minimum absolute atomic E-state index is 0.00197. The van der Waals surface area contributed by atoms with Crippen LogP contribution < -0.4 is 14.8 Å². The van der Waals surface area contributed by atoms with Crippen LogP contribution in [0.3, 0.4) is 0 Å². The molecule has 1 heterocycles. The molecule has 0 radical (unpaired) electrons. The summed E-state index contributed by atoms with van der Waals surface area (Å²) < 4.78 is 16.5. The largest absolute Gasteiger partial charge is 0.490 e. The van der Waals surface area contributed by atoms with Crippen molar-refractivity contribution in [3.8, 4) is 11.5 Å². The van der Waals surface area contributed by atoms with Gasteiger partial charge in [-0.05, 0) is 44.1 Å². The number of aliphatic hydroxyl groups is 1. The van der Waals surface area contributed by atoms with E-state index in [-0.39, 0.29) is 13.2 Å². The Morgan fingerprint density at radius 1 is 1.21 bits per heavy atom. The quantitative estimate of drug-likeness (QED) is 0.593. The number of morpholine rings is 1. The standard InChI is InChI=1S/C18H30N2O4/c1-2-23-18-14-16(4-5-17(18)24-13-10-21)15-19-6-3-7-20-8-11-22-12-9-20/h4-5,14,19,21H,2-3,6-13,15H2,1H3. The van der Waals surface area contributed by atoms with Crippen molar-refractivity contribution in [2.75, 3.05) is 59.2 Å². The van der Waals surface area contributed by atoms with Gasteiger partial charge in [-0.25, -0.2) is 0 Å². The Bertz CT molecular complexity index is 464. The number of hydrogen-bond acceptors (Lipinski definition) is 6. The molecule has 0 saturated carbocycles. The Hall–Kier alpha value is -1.34. The molecule has 24 heavy (non-hydrogen) atoms. The molecule has 0 atom stereocenters. The van der Waals surface area contributed by atoms with Crippen molar-refractivity contribution in [1.29, 1.82) is 0 Å². The summed E-state index contributed by atoms with van der Waals surface area (Å²) in [6, 6.07) is 5.95. The number of aliphatic hydroxyl groups excluding tert-OH is 1. The molecule has 0 unspecified atom stereocenters. The Kier molecular flexibility index (Phi) is 8.91. The Morgan fingerprint density at radius 3 is 2.79 bits per heavy atom. The maximum atomic E-state index is 8.88. The van der Waals surface area contributed by atoms with Crippen molar-refractivity contribution < 1.29 is 19.3 Å². The second-order valence-electron chi connectivity index (χ2n) is 5.77. The van der Waals surface area contributed by atoms with Gasteiger partial charge in [0.15, 0.2) is 11.5 Å². The Balaban J connectivity index is 1.71. The van der Waals surface area contributed by atoms with Gasteiger partial charge in [0, 0.05) is 19.6 Å². The predicted molar refractivity (Wildman–Crippen MR) is 93.8 cm³/mol. The molecule has 1 saturated heterocycles. The third-order valence-corrected chi connectivity index (χ3v) is 3.92. The van der Waals surface area contributed by atoms with Crippen molar-refractivity contribution in [3.63, 3.8) is 0 Å². The van der Waals surface area contributed by atoms with Gasteiger partial charge >= 0.3 is 0 Å². The molecule has 2 N–H and O–H groups in total. The third kappa shape index (κ3) is 6.65. The summed E-state index contributed by atoms with van der Waals surface area (Å²) in [5.74, 6) is 1.42. The van der Waals surface area contributed by atoms with Gasteiger partial charge in [-0.3, -0.25) is 4.90 Å². The molecular formula is C18H30N2O4. The van der Waals surface area contributed by atoms with E-state index in [4.69, 9.17) is 19.3 Å². The number of ether oxygens (including phenoxy) is 3. The highest BCUT2D eigenvalue weighted by Crippen LogP contribution is 2.28. The lowest BCUT2D eigenvalue weighted by Crippen LogP contribution is -2.37. The van der Waals surface area contributed by atoms with Crippen molar-refractivity contribution in [3.05, 3.63) is 23.8 Å². The number of nitrogens with one attached hydrogen (secondary N) is 1. The highest BCUT2D eigenvalue weighted by atomic mass is 16.5. The van der Waals surface area contributed by atoms with E-state index < -0.39 is 0 Å². The van der Waals surface area contributed by atoms with E-state index in [1.54, 1.807) is 0 Å². The third-order valence-electron chi connectivity index (χ3n) is 3.92. The molecule has 0 aliphatic carbocycles. The summed E-state index contributed by atoms with van der Waals surface area (Å²) >= 11 is 0. The van der Waals surface area contributed by atoms with Gasteiger partial charge in [-0.15, -0.1) is 0 Å². The van der Waals surface area contributed by atoms with Crippen LogP contribution in [0, 0.1) is 0 Å². The van der Waals surface area contributed by atoms with Crippen LogP contribution in [0.25, 0.3) is 0 Å². The summed E-state index contributed by atoms with van der Waals surface area (Å²) in [7, 11) is 0. The highest BCUT2D eigenvalue weighted by Gasteiger charge is 2.09. The average molecular weight is 338 g/mol. The van der Waals surface area contributed by atoms with Gasteiger partial charge in [-0.2, -0.15) is 0 Å². The first-order chi connectivity index (χ1) is 11.8. The maximum Gasteiger partial charge on any atom is 0.161 e. The molecule has 0 aromatic heterocycles. The van der Waals surface area contributed by atoms with E-state index in [1.165, 1.54) is 5.56 Å². The van der Waals surface area contributed by atoms with Crippen LogP contribution in [-0.2, 0) is 11.3 Å². The Labute approximate surface area is 144 Å². The number of rotatable bonds is 11. The predicted octanol–water partition coefficient (Wildman–Crippen LogP) is 1.27. The van der Waals surface area contributed by atoms with E-state index in [2.05, 4.69) is 10.2 Å². The summed E-state index contributed by atoms with van der Waals surface area (Å²) in [6.45, 7) is 9.55. The van der Waals surface area contributed by atoms with Crippen molar-refractivity contribution in [2.45, 2.75) is 19.9 Å². The first-order valence-corrected chi connectivity index (χ1v) is 8.83. The van der Waals surface area contributed by atoms with Crippen LogP contribution in [0.15, 0.2) is 18.2 Å². The van der Waals surface area contributed by atoms with Gasteiger partial charge < -0.3 is 24.6 Å². The maximum absolute atomic E-state index is 8.88. The lowest BCUT2D eigenvalue weighted by atomic mass is 10.2. The first-order valence-electron chi connectivity index (χ1n) is 8.83. The molecule has 1 aliphatic heterocycles. The fourth-order valence-electron chi connectivity index (χ4n) is 2.69. The van der Waals surface area contributed by atoms with Gasteiger partial charge in [0.2, 0.25) is 0 Å². The minimum Gasteiger partial charge on any atom is -0.490 e. The molecule has 6 nitrogen and oxygen atoms in total. The molecule has 1 aromatic rings. The van der Waals surface area contributed by atoms with Gasteiger partial charge in [0.05, 0.1) is 26.4 Å². The summed E-state index contributed by atoms with van der Waals surface area (Å²) in [4.78, 5) is 2.45. The van der Waals surface area contributed by atoms with E-state index in [0.717, 1.165) is 58.1 Å². The van der Waals surface area contributed by atoms with Crippen molar-refractivity contribution in [2.24, 2.45) is 0 Å². The molecule has 0 amide bonds. The molecule has 136 valence electrons. The zero-order chi connectivity index (χ0) is 17.0. The Morgan fingerprint density at radius 2 is 2.04 bits per heavy atom. The van der Waals surface area contributed by atoms with E-state index in [1.807, 2.05) is 25.1 Å². The van der Waals surface area contributed by atoms with E-state index in [9.17, 15) is 0 Å². The van der Waals surface area contributed by atoms with Crippen LogP contribution in [0.2, 0.25) is 0 Å². The van der Waals surface area contributed by atoms with E-state index >= 15 is 0 Å². The molecule has 1 aliphatic rings. The van der Waals surface area contributed by atoms with Crippen LogP contribution in [0.1, 0.15) is 18.9 Å². The van der Waals surface area contributed by atoms with Gasteiger partial charge in [0.25, 0.3) is 0 Å². The zero-order valence-corrected chi connectivity index (χ0v) is 14.6. The number of nitrogens with zero attached hydrogens (tertiary/aromatic N) is 1. The fourth-order valence-corrected chi connectivity index (χ4v) is 2.69. The highest BCUT2D eigenvalue weighted by molar-refractivity contribution is 5.43. The molecule has 0 bridgehead atoms. The normalized spacial score (nSPS) is 15.4. The van der Waals surface area contributed by atoms with Crippen molar-refractivity contribution in [1.82, 2.24) is 10.2 Å². The van der Waals surface area contributed by atoms with Crippen LogP contribution >= 0.6 is 0 Å². The SMILES string of the molecule is CCOc1cc(CNCCCN2CCOCC2)ccc1OCCO.